The Bertz CT molecular complexity index is 410. The molecule has 0 aliphatic carbocycles. The van der Waals surface area contributed by atoms with E-state index >= 15 is 0 Å². The largest absolute Gasteiger partial charge is 0.324 e. The molecule has 3 heteroatoms. The van der Waals surface area contributed by atoms with Crippen molar-refractivity contribution in [3.8, 4) is 0 Å². The van der Waals surface area contributed by atoms with E-state index in [1.165, 1.54) is 16.7 Å². The molecule has 1 aromatic carbocycles. The number of nitrogens with zero attached hydrogens (tertiary/aromatic N) is 1. The van der Waals surface area contributed by atoms with Crippen LogP contribution in [0.2, 0.25) is 0 Å². The second-order valence-corrected chi connectivity index (χ2v) is 5.90. The second-order valence-electron chi connectivity index (χ2n) is 5.90. The van der Waals surface area contributed by atoms with E-state index in [4.69, 9.17) is 5.73 Å². The van der Waals surface area contributed by atoms with E-state index in [0.717, 1.165) is 32.7 Å². The van der Waals surface area contributed by atoms with Crippen LogP contribution in [0.4, 0.5) is 0 Å². The molecule has 0 aromatic heterocycles. The highest BCUT2D eigenvalue weighted by molar-refractivity contribution is 5.31. The molecule has 0 spiro atoms. The molecule has 2 atom stereocenters. The SMILES string of the molecule is Cc1ccc(C(N)C(C)CN2CCNCC2)cc1C. The maximum Gasteiger partial charge on any atom is 0.0333 e. The molecule has 1 heterocycles. The minimum atomic E-state index is 0.134. The molecular formula is C16H27N3. The predicted molar refractivity (Wildman–Crippen MR) is 81.3 cm³/mol. The van der Waals surface area contributed by atoms with Gasteiger partial charge in [-0.3, -0.25) is 0 Å². The van der Waals surface area contributed by atoms with Crippen LogP contribution in [0.25, 0.3) is 0 Å². The van der Waals surface area contributed by atoms with Crippen molar-refractivity contribution in [1.82, 2.24) is 10.2 Å². The molecule has 1 fully saturated rings. The van der Waals surface area contributed by atoms with Crippen molar-refractivity contribution < 1.29 is 0 Å². The van der Waals surface area contributed by atoms with Crippen LogP contribution in [0.15, 0.2) is 18.2 Å². The summed E-state index contributed by atoms with van der Waals surface area (Å²) in [4.78, 5) is 2.52. The fourth-order valence-corrected chi connectivity index (χ4v) is 2.72. The lowest BCUT2D eigenvalue weighted by atomic mass is 9.92. The number of aryl methyl sites for hydroxylation is 2. The topological polar surface area (TPSA) is 41.3 Å². The third-order valence-electron chi connectivity index (χ3n) is 4.28. The zero-order chi connectivity index (χ0) is 13.8. The first-order valence-electron chi connectivity index (χ1n) is 7.33. The Hall–Kier alpha value is -0.900. The molecule has 3 nitrogen and oxygen atoms in total. The average molecular weight is 261 g/mol. The van der Waals surface area contributed by atoms with E-state index < -0.39 is 0 Å². The van der Waals surface area contributed by atoms with Crippen LogP contribution in [-0.4, -0.2) is 37.6 Å². The van der Waals surface area contributed by atoms with Gasteiger partial charge in [-0.1, -0.05) is 25.1 Å². The lowest BCUT2D eigenvalue weighted by Crippen LogP contribution is -2.46. The van der Waals surface area contributed by atoms with Crippen LogP contribution in [-0.2, 0) is 0 Å². The Morgan fingerprint density at radius 2 is 1.89 bits per heavy atom. The summed E-state index contributed by atoms with van der Waals surface area (Å²) >= 11 is 0. The van der Waals surface area contributed by atoms with Crippen molar-refractivity contribution in [2.75, 3.05) is 32.7 Å². The first kappa shape index (κ1) is 14.5. The normalized spacial score (nSPS) is 20.2. The van der Waals surface area contributed by atoms with Gasteiger partial charge in [0.15, 0.2) is 0 Å². The molecule has 3 N–H and O–H groups in total. The maximum absolute atomic E-state index is 6.43. The van der Waals surface area contributed by atoms with Gasteiger partial charge in [0.25, 0.3) is 0 Å². The Morgan fingerprint density at radius 3 is 2.53 bits per heavy atom. The number of benzene rings is 1. The molecule has 1 aliphatic rings. The Balaban J connectivity index is 1.97. The predicted octanol–water partition coefficient (Wildman–Crippen LogP) is 1.84. The molecule has 0 radical (unpaired) electrons. The minimum Gasteiger partial charge on any atom is -0.324 e. The van der Waals surface area contributed by atoms with Crippen molar-refractivity contribution in [1.29, 1.82) is 0 Å². The Kier molecular flexibility index (Phi) is 4.97. The fourth-order valence-electron chi connectivity index (χ4n) is 2.72. The van der Waals surface area contributed by atoms with Gasteiger partial charge >= 0.3 is 0 Å². The number of nitrogens with one attached hydrogen (secondary N) is 1. The van der Waals surface area contributed by atoms with Gasteiger partial charge in [0.05, 0.1) is 0 Å². The summed E-state index contributed by atoms with van der Waals surface area (Å²) in [6.07, 6.45) is 0. The van der Waals surface area contributed by atoms with Gasteiger partial charge in [0.1, 0.15) is 0 Å². The van der Waals surface area contributed by atoms with E-state index in [1.807, 2.05) is 0 Å². The van der Waals surface area contributed by atoms with Crippen molar-refractivity contribution in [3.05, 3.63) is 34.9 Å². The van der Waals surface area contributed by atoms with Crippen molar-refractivity contribution in [2.45, 2.75) is 26.8 Å². The lowest BCUT2D eigenvalue weighted by Gasteiger charge is -2.32. The number of rotatable bonds is 4. The second kappa shape index (κ2) is 6.51. The van der Waals surface area contributed by atoms with Crippen molar-refractivity contribution >= 4 is 0 Å². The highest BCUT2D eigenvalue weighted by Gasteiger charge is 2.19. The highest BCUT2D eigenvalue weighted by Crippen LogP contribution is 2.22. The molecule has 1 saturated heterocycles. The Morgan fingerprint density at radius 1 is 1.21 bits per heavy atom. The molecule has 106 valence electrons. The van der Waals surface area contributed by atoms with E-state index in [1.54, 1.807) is 0 Å². The van der Waals surface area contributed by atoms with E-state index in [2.05, 4.69) is 49.2 Å². The highest BCUT2D eigenvalue weighted by atomic mass is 15.2. The zero-order valence-corrected chi connectivity index (χ0v) is 12.4. The summed E-state index contributed by atoms with van der Waals surface area (Å²) in [5.74, 6) is 0.486. The summed E-state index contributed by atoms with van der Waals surface area (Å²) in [5.41, 5.74) is 10.4. The van der Waals surface area contributed by atoms with E-state index in [9.17, 15) is 0 Å². The average Bonchev–Trinajstić information content (AvgIpc) is 2.42. The first-order valence-corrected chi connectivity index (χ1v) is 7.33. The number of hydrogen-bond acceptors (Lipinski definition) is 3. The van der Waals surface area contributed by atoms with Gasteiger partial charge in [-0.05, 0) is 36.5 Å². The van der Waals surface area contributed by atoms with Gasteiger partial charge in [0, 0.05) is 38.8 Å². The lowest BCUT2D eigenvalue weighted by molar-refractivity contribution is 0.199. The Labute approximate surface area is 117 Å². The summed E-state index contributed by atoms with van der Waals surface area (Å²) < 4.78 is 0. The third-order valence-corrected chi connectivity index (χ3v) is 4.28. The van der Waals surface area contributed by atoms with Gasteiger partial charge in [-0.2, -0.15) is 0 Å². The van der Waals surface area contributed by atoms with Gasteiger partial charge < -0.3 is 16.0 Å². The third kappa shape index (κ3) is 3.78. The summed E-state index contributed by atoms with van der Waals surface area (Å²) in [5, 5.41) is 3.39. The van der Waals surface area contributed by atoms with Crippen LogP contribution >= 0.6 is 0 Å². The summed E-state index contributed by atoms with van der Waals surface area (Å²) in [6.45, 7) is 12.2. The van der Waals surface area contributed by atoms with Crippen LogP contribution in [0.1, 0.15) is 29.7 Å². The fraction of sp³-hybridized carbons (Fsp3) is 0.625. The van der Waals surface area contributed by atoms with E-state index in [0.29, 0.717) is 5.92 Å². The molecule has 1 aromatic rings. The smallest absolute Gasteiger partial charge is 0.0333 e. The molecule has 2 unspecified atom stereocenters. The molecule has 0 amide bonds. The van der Waals surface area contributed by atoms with E-state index in [-0.39, 0.29) is 6.04 Å². The van der Waals surface area contributed by atoms with Gasteiger partial charge in [-0.15, -0.1) is 0 Å². The monoisotopic (exact) mass is 261 g/mol. The minimum absolute atomic E-state index is 0.134. The van der Waals surface area contributed by atoms with Crippen molar-refractivity contribution in [3.63, 3.8) is 0 Å². The standard InChI is InChI=1S/C16H27N3/c1-12-4-5-15(10-13(12)2)16(17)14(3)11-19-8-6-18-7-9-19/h4-5,10,14,16,18H,6-9,11,17H2,1-3H3. The van der Waals surface area contributed by atoms with Crippen molar-refractivity contribution in [2.24, 2.45) is 11.7 Å². The summed E-state index contributed by atoms with van der Waals surface area (Å²) in [6, 6.07) is 6.74. The molecule has 0 bridgehead atoms. The van der Waals surface area contributed by atoms with Gasteiger partial charge in [0.2, 0.25) is 0 Å². The van der Waals surface area contributed by atoms with Crippen LogP contribution < -0.4 is 11.1 Å². The molecule has 2 rings (SSSR count). The number of hydrogen-bond donors (Lipinski definition) is 2. The van der Waals surface area contributed by atoms with Crippen LogP contribution in [0.3, 0.4) is 0 Å². The van der Waals surface area contributed by atoms with Crippen LogP contribution in [0.5, 0.6) is 0 Å². The first-order chi connectivity index (χ1) is 9.08. The molecule has 0 saturated carbocycles. The number of nitrogens with two attached hydrogens (primary N) is 1. The number of piperazine rings is 1. The maximum atomic E-state index is 6.43. The zero-order valence-electron chi connectivity index (χ0n) is 12.4. The molecule has 19 heavy (non-hydrogen) atoms. The van der Waals surface area contributed by atoms with Gasteiger partial charge in [-0.25, -0.2) is 0 Å². The van der Waals surface area contributed by atoms with Crippen LogP contribution in [0, 0.1) is 19.8 Å². The summed E-state index contributed by atoms with van der Waals surface area (Å²) in [7, 11) is 0. The quantitative estimate of drug-likeness (QED) is 0.869. The molecule has 1 aliphatic heterocycles. The molecular weight excluding hydrogens is 234 g/mol.